The summed E-state index contributed by atoms with van der Waals surface area (Å²) in [6, 6.07) is 141. The lowest BCUT2D eigenvalue weighted by atomic mass is 9.67. The van der Waals surface area contributed by atoms with Crippen molar-refractivity contribution in [3.8, 4) is 56.1 Å². The van der Waals surface area contributed by atoms with Gasteiger partial charge in [-0.25, -0.2) is 0 Å². The van der Waals surface area contributed by atoms with E-state index in [2.05, 4.69) is 394 Å². The molecule has 0 spiro atoms. The minimum absolute atomic E-state index is 0.524. The van der Waals surface area contributed by atoms with Gasteiger partial charge in [0.25, 0.3) is 0 Å². The maximum atomic E-state index is 2.51. The van der Waals surface area contributed by atoms with Crippen LogP contribution in [0.3, 0.4) is 0 Å². The Hall–Kier alpha value is -13.3. The third kappa shape index (κ3) is 7.75. The zero-order chi connectivity index (χ0) is 66.8. The van der Waals surface area contributed by atoms with Gasteiger partial charge in [0.2, 0.25) is 0 Å². The molecule has 0 saturated carbocycles. The van der Waals surface area contributed by atoms with E-state index in [4.69, 9.17) is 0 Å². The van der Waals surface area contributed by atoms with Gasteiger partial charge in [-0.2, -0.15) is 0 Å². The highest BCUT2D eigenvalue weighted by Gasteiger charge is 2.48. The van der Waals surface area contributed by atoms with E-state index in [0.717, 1.165) is 44.9 Å². The van der Waals surface area contributed by atoms with Gasteiger partial charge in [-0.05, 0) is 175 Å². The van der Waals surface area contributed by atoms with Crippen molar-refractivity contribution in [2.24, 2.45) is 0 Å². The quantitative estimate of drug-likeness (QED) is 0.137. The molecule has 22 rings (SSSR count). The second kappa shape index (κ2) is 21.6. The van der Waals surface area contributed by atoms with Crippen LogP contribution in [-0.2, 0) is 10.8 Å². The van der Waals surface area contributed by atoms with Crippen molar-refractivity contribution >= 4 is 87.2 Å². The number of hydrogen-bond donors (Lipinski definition) is 0. The molecule has 474 valence electrons. The summed E-state index contributed by atoms with van der Waals surface area (Å²) in [7, 11) is 0. The molecule has 0 radical (unpaired) electrons. The van der Waals surface area contributed by atoms with Gasteiger partial charge < -0.3 is 18.3 Å². The van der Waals surface area contributed by atoms with Crippen LogP contribution in [0.5, 0.6) is 0 Å². The standard InChI is InChI=1S/C98H62N4/c1-5-25-65(26-6-1)97(66-27-7-2-8-28-66)85-39-19-13-33-73(85)75-55-53-71(57-87(75)97)101-91-43-23-17-37-79(91)83-59-81-77-35-15-21-41-89(77)99(93(81)61-95(83)101)69-49-45-63(46-50-69)64-47-51-70(52-48-64)100-90-42-22-16-36-78(90)82-60-84-80-38-18-24-44-92(80)102(96(84)62-94(82)100)72-54-56-76-74-34-14-20-40-86(74)98(88(76)58-72,67-29-9-3-10-30-67)68-31-11-4-12-32-68/h1-62H. The molecule has 0 aliphatic heterocycles. The number of rotatable bonds is 9. The maximum Gasteiger partial charge on any atom is 0.0714 e. The lowest BCUT2D eigenvalue weighted by molar-refractivity contribution is 0.767. The number of aromatic nitrogens is 4. The van der Waals surface area contributed by atoms with Crippen LogP contribution in [0.25, 0.3) is 143 Å². The first kappa shape index (κ1) is 56.7. The van der Waals surface area contributed by atoms with Crippen LogP contribution < -0.4 is 0 Å². The third-order valence-corrected chi connectivity index (χ3v) is 22.9. The number of para-hydroxylation sites is 4. The zero-order valence-corrected chi connectivity index (χ0v) is 55.6. The first-order chi connectivity index (χ1) is 50.6. The van der Waals surface area contributed by atoms with Crippen molar-refractivity contribution < 1.29 is 0 Å². The van der Waals surface area contributed by atoms with Crippen LogP contribution in [0.1, 0.15) is 44.5 Å². The van der Waals surface area contributed by atoms with E-state index in [0.29, 0.717) is 0 Å². The smallest absolute Gasteiger partial charge is 0.0714 e. The predicted octanol–water partition coefficient (Wildman–Crippen LogP) is 24.5. The Labute approximate surface area is 589 Å². The summed E-state index contributed by atoms with van der Waals surface area (Å²) in [6.07, 6.45) is 0. The van der Waals surface area contributed by atoms with E-state index in [1.807, 2.05) is 0 Å². The molecule has 4 nitrogen and oxygen atoms in total. The molecular formula is C98H62N4. The minimum Gasteiger partial charge on any atom is -0.309 e. The van der Waals surface area contributed by atoms with Crippen LogP contribution >= 0.6 is 0 Å². The Bertz CT molecular complexity index is 6330. The highest BCUT2D eigenvalue weighted by molar-refractivity contribution is 6.21. The average Bonchev–Trinajstić information content (AvgIpc) is 1.53. The fraction of sp³-hybridized carbons (Fsp3) is 0.0204. The lowest BCUT2D eigenvalue weighted by Gasteiger charge is -2.34. The number of benzene rings is 16. The Morgan fingerprint density at radius 2 is 0.412 bits per heavy atom. The molecule has 0 amide bonds. The molecule has 16 aromatic carbocycles. The van der Waals surface area contributed by atoms with E-state index in [1.54, 1.807) is 0 Å². The average molecular weight is 1300 g/mol. The SMILES string of the molecule is c1ccc(C2(c3ccccc3)c3ccccc3-c3ccc(-n4c5ccccc5c5cc6c7ccccc7n(-c7ccc(-c8ccc(-n9c%10ccccc%10c%10cc%11c%12ccccc%12n(-c%12ccc%13c(c%12)C(c%12ccccc%12)(c%12ccccc%12)c%12ccccc%12-%13)c%11cc%109)cc8)cc7)c6cc54)cc32)cc1. The van der Waals surface area contributed by atoms with Crippen LogP contribution in [0.2, 0.25) is 0 Å². The summed E-state index contributed by atoms with van der Waals surface area (Å²) >= 11 is 0. The molecule has 0 bridgehead atoms. The molecule has 102 heavy (non-hydrogen) atoms. The number of nitrogens with zero attached hydrogens (tertiary/aromatic N) is 4. The molecule has 4 aromatic heterocycles. The van der Waals surface area contributed by atoms with Crippen molar-refractivity contribution in [3.05, 3.63) is 421 Å². The summed E-state index contributed by atoms with van der Waals surface area (Å²) in [6.45, 7) is 0. The van der Waals surface area contributed by atoms with Crippen LogP contribution in [0.15, 0.2) is 376 Å². The monoisotopic (exact) mass is 1290 g/mol. The van der Waals surface area contributed by atoms with Gasteiger partial charge in [0, 0.05) is 65.8 Å². The van der Waals surface area contributed by atoms with Gasteiger partial charge in [0.05, 0.1) is 55.0 Å². The summed E-state index contributed by atoms with van der Waals surface area (Å²) < 4.78 is 9.97. The van der Waals surface area contributed by atoms with Gasteiger partial charge >= 0.3 is 0 Å². The van der Waals surface area contributed by atoms with Crippen molar-refractivity contribution in [2.45, 2.75) is 10.8 Å². The molecular weight excluding hydrogens is 1230 g/mol. The second-order valence-corrected chi connectivity index (χ2v) is 27.8. The summed E-state index contributed by atoms with van der Waals surface area (Å²) in [5.41, 5.74) is 30.4. The van der Waals surface area contributed by atoms with E-state index >= 15 is 0 Å². The molecule has 2 aliphatic carbocycles. The molecule has 4 heterocycles. The van der Waals surface area contributed by atoms with Crippen LogP contribution in [0, 0.1) is 0 Å². The van der Waals surface area contributed by atoms with Gasteiger partial charge in [-0.1, -0.05) is 279 Å². The first-order valence-corrected chi connectivity index (χ1v) is 35.5. The third-order valence-electron chi connectivity index (χ3n) is 22.9. The number of fused-ring (bicyclic) bond motifs is 18. The second-order valence-electron chi connectivity index (χ2n) is 27.8. The fourth-order valence-electron chi connectivity index (χ4n) is 18.7. The normalized spacial score (nSPS) is 13.5. The molecule has 4 heteroatoms. The Morgan fingerprint density at radius 3 is 0.735 bits per heavy atom. The molecule has 0 saturated heterocycles. The highest BCUT2D eigenvalue weighted by Crippen LogP contribution is 2.59. The Morgan fingerprint density at radius 1 is 0.157 bits per heavy atom. The van der Waals surface area contributed by atoms with Gasteiger partial charge in [0.15, 0.2) is 0 Å². The lowest BCUT2D eigenvalue weighted by Crippen LogP contribution is -2.28. The van der Waals surface area contributed by atoms with E-state index in [9.17, 15) is 0 Å². The molecule has 0 fully saturated rings. The maximum absolute atomic E-state index is 2.51. The largest absolute Gasteiger partial charge is 0.309 e. The van der Waals surface area contributed by atoms with Crippen molar-refractivity contribution in [1.82, 2.24) is 18.3 Å². The van der Waals surface area contributed by atoms with Gasteiger partial charge in [0.1, 0.15) is 0 Å². The summed E-state index contributed by atoms with van der Waals surface area (Å²) in [5, 5.41) is 9.84. The van der Waals surface area contributed by atoms with Crippen molar-refractivity contribution in [1.29, 1.82) is 0 Å². The Balaban J connectivity index is 0.661. The van der Waals surface area contributed by atoms with Gasteiger partial charge in [-0.15, -0.1) is 0 Å². The topological polar surface area (TPSA) is 19.7 Å². The van der Waals surface area contributed by atoms with E-state index in [-0.39, 0.29) is 0 Å². The predicted molar refractivity (Wildman–Crippen MR) is 424 cm³/mol. The minimum atomic E-state index is -0.524. The highest BCUT2D eigenvalue weighted by atomic mass is 15.0. The van der Waals surface area contributed by atoms with E-state index in [1.165, 1.54) is 143 Å². The number of hydrogen-bond acceptors (Lipinski definition) is 0. The summed E-state index contributed by atoms with van der Waals surface area (Å²) in [4.78, 5) is 0. The molecule has 0 unspecified atom stereocenters. The molecule has 0 N–H and O–H groups in total. The summed E-state index contributed by atoms with van der Waals surface area (Å²) in [5.74, 6) is 0. The van der Waals surface area contributed by atoms with Crippen molar-refractivity contribution in [3.63, 3.8) is 0 Å². The van der Waals surface area contributed by atoms with Gasteiger partial charge in [-0.3, -0.25) is 0 Å². The zero-order valence-electron chi connectivity index (χ0n) is 55.6. The molecule has 2 aliphatic rings. The van der Waals surface area contributed by atoms with Crippen LogP contribution in [0.4, 0.5) is 0 Å². The van der Waals surface area contributed by atoms with Crippen LogP contribution in [-0.4, -0.2) is 18.3 Å². The molecule has 0 atom stereocenters. The Kier molecular flexibility index (Phi) is 12.0. The fourth-order valence-corrected chi connectivity index (χ4v) is 18.7. The first-order valence-electron chi connectivity index (χ1n) is 35.5. The van der Waals surface area contributed by atoms with E-state index < -0.39 is 10.8 Å². The molecule has 20 aromatic rings. The van der Waals surface area contributed by atoms with Crippen molar-refractivity contribution in [2.75, 3.05) is 0 Å².